The molecule has 5 aromatic rings. The van der Waals surface area contributed by atoms with Crippen molar-refractivity contribution >= 4 is 28.5 Å². The third kappa shape index (κ3) is 4.64. The van der Waals surface area contributed by atoms with Crippen molar-refractivity contribution in [3.63, 3.8) is 0 Å². The lowest BCUT2D eigenvalue weighted by Gasteiger charge is -2.10. The number of rotatable bonds is 7. The molecule has 0 aliphatic rings. The minimum atomic E-state index is -0.165. The van der Waals surface area contributed by atoms with Crippen LogP contribution in [0.15, 0.2) is 66.0 Å². The van der Waals surface area contributed by atoms with Gasteiger partial charge in [0.1, 0.15) is 5.75 Å². The molecule has 0 aliphatic carbocycles. The Kier molecular flexibility index (Phi) is 5.80. The van der Waals surface area contributed by atoms with Crippen LogP contribution in [0.1, 0.15) is 6.92 Å². The predicted molar refractivity (Wildman–Crippen MR) is 133 cm³/mol. The molecule has 4 heterocycles. The van der Waals surface area contributed by atoms with Crippen LogP contribution in [0.4, 0.5) is 17.6 Å². The van der Waals surface area contributed by atoms with Crippen LogP contribution in [-0.4, -0.2) is 40.8 Å². The zero-order chi connectivity index (χ0) is 24.4. The predicted octanol–water partition coefficient (Wildman–Crippen LogP) is 3.49. The highest BCUT2D eigenvalue weighted by Crippen LogP contribution is 2.26. The minimum absolute atomic E-state index is 0.165. The Balaban J connectivity index is 1.38. The van der Waals surface area contributed by atoms with Crippen molar-refractivity contribution in [2.75, 3.05) is 17.2 Å². The maximum Gasteiger partial charge on any atom is 0.264 e. The van der Waals surface area contributed by atoms with Crippen LogP contribution in [0, 0.1) is 0 Å². The maximum atomic E-state index is 12.8. The molecule has 0 spiro atoms. The summed E-state index contributed by atoms with van der Waals surface area (Å²) in [6, 6.07) is 10.9. The summed E-state index contributed by atoms with van der Waals surface area (Å²) in [7, 11) is 3.52. The summed E-state index contributed by atoms with van der Waals surface area (Å²) in [4.78, 5) is 30.4. The summed E-state index contributed by atoms with van der Waals surface area (Å²) in [5.74, 6) is 1.92. The molecule has 0 amide bonds. The van der Waals surface area contributed by atoms with Crippen LogP contribution < -0.4 is 20.9 Å². The number of hydrogen-bond acceptors (Lipinski definition) is 9. The molecule has 176 valence electrons. The number of nitrogens with zero attached hydrogens (tertiary/aromatic N) is 7. The van der Waals surface area contributed by atoms with Crippen molar-refractivity contribution in [2.45, 2.75) is 6.92 Å². The molecule has 0 saturated carbocycles. The van der Waals surface area contributed by atoms with E-state index in [0.717, 1.165) is 16.6 Å². The van der Waals surface area contributed by atoms with Crippen LogP contribution in [0.3, 0.4) is 0 Å². The fourth-order valence-corrected chi connectivity index (χ4v) is 3.55. The van der Waals surface area contributed by atoms with Crippen LogP contribution in [0.2, 0.25) is 0 Å². The molecule has 0 fully saturated rings. The average Bonchev–Trinajstić information content (AvgIpc) is 3.26. The van der Waals surface area contributed by atoms with E-state index in [-0.39, 0.29) is 5.56 Å². The zero-order valence-corrected chi connectivity index (χ0v) is 19.4. The molecule has 2 N–H and O–H groups in total. The van der Waals surface area contributed by atoms with Gasteiger partial charge in [0, 0.05) is 50.7 Å². The van der Waals surface area contributed by atoms with Gasteiger partial charge in [-0.3, -0.25) is 14.0 Å². The standard InChI is InChI=1S/C24H23N9O2/c1-4-25-24-27-13-18(22(34)33(24)3)20-7-5-15-11-17(6-8-19(15)30-20)35-21-9-10-26-23(31-21)29-16-12-28-32(2)14-16/h5-14H,4H2,1-3H3,(H,25,27)(H,26,29,31). The van der Waals surface area contributed by atoms with Crippen LogP contribution in [0.25, 0.3) is 22.2 Å². The second kappa shape index (κ2) is 9.21. The molecule has 0 atom stereocenters. The van der Waals surface area contributed by atoms with Gasteiger partial charge in [0.25, 0.3) is 5.56 Å². The summed E-state index contributed by atoms with van der Waals surface area (Å²) in [6.07, 6.45) is 6.68. The third-order valence-corrected chi connectivity index (χ3v) is 5.25. The number of aryl methyl sites for hydroxylation is 1. The number of benzene rings is 1. The van der Waals surface area contributed by atoms with E-state index in [1.54, 1.807) is 48.5 Å². The van der Waals surface area contributed by atoms with Crippen molar-refractivity contribution in [1.82, 2.24) is 34.3 Å². The van der Waals surface area contributed by atoms with E-state index in [1.165, 1.54) is 4.57 Å². The number of ether oxygens (including phenoxy) is 1. The van der Waals surface area contributed by atoms with Crippen LogP contribution >= 0.6 is 0 Å². The van der Waals surface area contributed by atoms with Gasteiger partial charge in [-0.25, -0.2) is 15.0 Å². The molecule has 0 saturated heterocycles. The van der Waals surface area contributed by atoms with E-state index in [9.17, 15) is 4.79 Å². The Morgan fingerprint density at radius 2 is 1.91 bits per heavy atom. The van der Waals surface area contributed by atoms with Crippen molar-refractivity contribution in [3.8, 4) is 22.9 Å². The molecule has 4 aromatic heterocycles. The van der Waals surface area contributed by atoms with E-state index >= 15 is 0 Å². The first-order valence-corrected chi connectivity index (χ1v) is 11.0. The molecule has 11 nitrogen and oxygen atoms in total. The molecule has 5 rings (SSSR count). The van der Waals surface area contributed by atoms with Gasteiger partial charge in [0.05, 0.1) is 28.7 Å². The quantitative estimate of drug-likeness (QED) is 0.368. The number of fused-ring (bicyclic) bond motifs is 1. The van der Waals surface area contributed by atoms with Gasteiger partial charge in [-0.05, 0) is 31.2 Å². The summed E-state index contributed by atoms with van der Waals surface area (Å²) in [5, 5.41) is 11.1. The summed E-state index contributed by atoms with van der Waals surface area (Å²) in [6.45, 7) is 2.63. The minimum Gasteiger partial charge on any atom is -0.439 e. The highest BCUT2D eigenvalue weighted by molar-refractivity contribution is 5.82. The number of pyridine rings is 1. The number of aromatic nitrogens is 7. The molecular formula is C24H23N9O2. The monoisotopic (exact) mass is 469 g/mol. The Labute approximate surface area is 200 Å². The van der Waals surface area contributed by atoms with Crippen LogP contribution in [-0.2, 0) is 14.1 Å². The van der Waals surface area contributed by atoms with E-state index in [2.05, 4.69) is 35.7 Å². The smallest absolute Gasteiger partial charge is 0.264 e. The summed E-state index contributed by atoms with van der Waals surface area (Å²) in [5.41, 5.74) is 2.34. The van der Waals surface area contributed by atoms with Crippen LogP contribution in [0.5, 0.6) is 11.6 Å². The molecular weight excluding hydrogens is 446 g/mol. The van der Waals surface area contributed by atoms with Gasteiger partial charge in [-0.1, -0.05) is 6.07 Å². The second-order valence-electron chi connectivity index (χ2n) is 7.79. The van der Waals surface area contributed by atoms with E-state index < -0.39 is 0 Å². The first-order valence-electron chi connectivity index (χ1n) is 11.0. The molecule has 0 radical (unpaired) electrons. The largest absolute Gasteiger partial charge is 0.439 e. The SMILES string of the molecule is CCNc1ncc(-c2ccc3cc(Oc4ccnc(Nc5cnn(C)c5)n4)ccc3n2)c(=O)n1C. The topological polar surface area (TPSA) is 125 Å². The Morgan fingerprint density at radius 1 is 1.03 bits per heavy atom. The van der Waals surface area contributed by atoms with Crippen molar-refractivity contribution in [1.29, 1.82) is 0 Å². The normalized spacial score (nSPS) is 10.9. The highest BCUT2D eigenvalue weighted by atomic mass is 16.5. The molecule has 1 aromatic carbocycles. The van der Waals surface area contributed by atoms with Gasteiger partial charge in [-0.15, -0.1) is 0 Å². The first-order chi connectivity index (χ1) is 17.0. The average molecular weight is 470 g/mol. The number of nitrogens with one attached hydrogen (secondary N) is 2. The first kappa shape index (κ1) is 22.0. The van der Waals surface area contributed by atoms with Gasteiger partial charge in [0.15, 0.2) is 0 Å². The van der Waals surface area contributed by atoms with E-state index in [0.29, 0.717) is 41.3 Å². The van der Waals surface area contributed by atoms with Crippen molar-refractivity contribution in [3.05, 3.63) is 71.5 Å². The lowest BCUT2D eigenvalue weighted by molar-refractivity contribution is 0.463. The molecule has 0 aliphatic heterocycles. The van der Waals surface area contributed by atoms with Gasteiger partial charge < -0.3 is 15.4 Å². The molecule has 35 heavy (non-hydrogen) atoms. The Bertz CT molecular complexity index is 1580. The van der Waals surface area contributed by atoms with Gasteiger partial charge >= 0.3 is 0 Å². The lowest BCUT2D eigenvalue weighted by Crippen LogP contribution is -2.23. The van der Waals surface area contributed by atoms with Crippen molar-refractivity contribution in [2.24, 2.45) is 14.1 Å². The fraction of sp³-hybridized carbons (Fsp3) is 0.167. The Morgan fingerprint density at radius 3 is 2.71 bits per heavy atom. The molecule has 0 bridgehead atoms. The number of hydrogen-bond donors (Lipinski definition) is 2. The second-order valence-corrected chi connectivity index (χ2v) is 7.79. The van der Waals surface area contributed by atoms with E-state index in [4.69, 9.17) is 4.74 Å². The Hall–Kier alpha value is -4.80. The maximum absolute atomic E-state index is 12.8. The molecule has 11 heteroatoms. The summed E-state index contributed by atoms with van der Waals surface area (Å²) >= 11 is 0. The highest BCUT2D eigenvalue weighted by Gasteiger charge is 2.12. The zero-order valence-electron chi connectivity index (χ0n) is 19.4. The lowest BCUT2D eigenvalue weighted by atomic mass is 10.1. The van der Waals surface area contributed by atoms with Crippen molar-refractivity contribution < 1.29 is 4.74 Å². The number of anilines is 3. The van der Waals surface area contributed by atoms with Gasteiger partial charge in [0.2, 0.25) is 17.8 Å². The van der Waals surface area contributed by atoms with Gasteiger partial charge in [-0.2, -0.15) is 10.1 Å². The molecule has 0 unspecified atom stereocenters. The third-order valence-electron chi connectivity index (χ3n) is 5.25. The fourth-order valence-electron chi connectivity index (χ4n) is 3.55. The summed E-state index contributed by atoms with van der Waals surface area (Å²) < 4.78 is 9.12. The van der Waals surface area contributed by atoms with E-state index in [1.807, 2.05) is 38.4 Å².